The summed E-state index contributed by atoms with van der Waals surface area (Å²) >= 11 is -2.16. The van der Waals surface area contributed by atoms with Crippen LogP contribution in [0.25, 0.3) is 11.1 Å². The van der Waals surface area contributed by atoms with Crippen molar-refractivity contribution in [1.29, 1.82) is 0 Å². The van der Waals surface area contributed by atoms with Crippen LogP contribution in [0.15, 0.2) is 90.6 Å². The molecule has 0 bridgehead atoms. The summed E-state index contributed by atoms with van der Waals surface area (Å²) < 4.78 is 3.75. The van der Waals surface area contributed by atoms with Crippen LogP contribution in [-0.4, -0.2) is 5.49 Å². The fourth-order valence-electron chi connectivity index (χ4n) is 5.26. The number of halogens is 2. The molecule has 0 saturated heterocycles. The smallest absolute Gasteiger partial charge is 1.00 e. The van der Waals surface area contributed by atoms with Gasteiger partial charge >= 0.3 is 191 Å². The normalized spacial score (nSPS) is 19.5. The second-order valence-corrected chi connectivity index (χ2v) is 32.4. The molecule has 166 valence electrons. The van der Waals surface area contributed by atoms with E-state index in [1.807, 2.05) is 6.66 Å². The summed E-state index contributed by atoms with van der Waals surface area (Å²) in [6, 6.07) is 22.0. The average Bonchev–Trinajstić information content (AvgIpc) is 3.20. The van der Waals surface area contributed by atoms with Crippen molar-refractivity contribution in [2.75, 3.05) is 0 Å². The van der Waals surface area contributed by atoms with Crippen molar-refractivity contribution >= 4 is 16.6 Å². The Kier molecular flexibility index (Phi) is 9.79. The second-order valence-electron chi connectivity index (χ2n) is 8.92. The fourth-order valence-corrected chi connectivity index (χ4v) is 33.3. The van der Waals surface area contributed by atoms with E-state index in [0.717, 1.165) is 0 Å². The number of hydrogen-bond acceptors (Lipinski definition) is 0. The van der Waals surface area contributed by atoms with Crippen molar-refractivity contribution < 1.29 is 44.9 Å². The van der Waals surface area contributed by atoms with Crippen LogP contribution in [-0.2, 0) is 20.1 Å². The molecule has 0 radical (unpaired) electrons. The van der Waals surface area contributed by atoms with Gasteiger partial charge in [0.25, 0.3) is 0 Å². The van der Waals surface area contributed by atoms with E-state index in [4.69, 9.17) is 0 Å². The van der Waals surface area contributed by atoms with Gasteiger partial charge in [-0.2, -0.15) is 0 Å². The van der Waals surface area contributed by atoms with Gasteiger partial charge in [-0.3, -0.25) is 0 Å². The molecular weight excluding hydrogens is 614 g/mol. The molecule has 2 aliphatic rings. The van der Waals surface area contributed by atoms with Gasteiger partial charge in [0.05, 0.1) is 0 Å². The maximum Gasteiger partial charge on any atom is -1.00 e. The molecular formula is C28H32Cl2HfSi. The summed E-state index contributed by atoms with van der Waals surface area (Å²) in [5, 5.41) is 0. The molecule has 0 aromatic heterocycles. The van der Waals surface area contributed by atoms with Gasteiger partial charge in [0, 0.05) is 0 Å². The molecule has 4 heteroatoms. The Morgan fingerprint density at radius 3 is 1.28 bits per heavy atom. The minimum Gasteiger partial charge on any atom is -1.00 e. The summed E-state index contributed by atoms with van der Waals surface area (Å²) in [4.78, 5) is 0. The van der Waals surface area contributed by atoms with Gasteiger partial charge in [-0.1, -0.05) is 0 Å². The summed E-state index contributed by atoms with van der Waals surface area (Å²) in [7, 11) is 0. The molecule has 4 rings (SSSR count). The Morgan fingerprint density at radius 2 is 0.969 bits per heavy atom. The molecule has 0 fully saturated rings. The predicted octanol–water partition coefficient (Wildman–Crippen LogP) is 1.88. The van der Waals surface area contributed by atoms with Crippen molar-refractivity contribution in [3.05, 3.63) is 102 Å². The van der Waals surface area contributed by atoms with E-state index in [9.17, 15) is 0 Å². The van der Waals surface area contributed by atoms with Crippen molar-refractivity contribution in [2.45, 2.75) is 40.8 Å². The van der Waals surface area contributed by atoms with E-state index in [-0.39, 0.29) is 30.3 Å². The Morgan fingerprint density at radius 1 is 0.625 bits per heavy atom. The van der Waals surface area contributed by atoms with Crippen LogP contribution in [0.3, 0.4) is 0 Å². The van der Waals surface area contributed by atoms with Crippen LogP contribution in [0, 0.1) is 11.8 Å². The van der Waals surface area contributed by atoms with E-state index < -0.39 is 20.1 Å². The summed E-state index contributed by atoms with van der Waals surface area (Å²) in [6.45, 7) is 14.9. The molecule has 0 heterocycles. The van der Waals surface area contributed by atoms with Crippen LogP contribution in [0.5, 0.6) is 0 Å². The van der Waals surface area contributed by atoms with Crippen LogP contribution in [0.1, 0.15) is 38.8 Å². The third-order valence-corrected chi connectivity index (χ3v) is 32.6. The maximum absolute atomic E-state index is 2.59. The van der Waals surface area contributed by atoms with E-state index in [0.29, 0.717) is 11.8 Å². The summed E-state index contributed by atoms with van der Waals surface area (Å²) in [6.07, 6.45) is 5.10. The largest absolute Gasteiger partial charge is 1.00 e. The monoisotopic (exact) mass is 646 g/mol. The van der Waals surface area contributed by atoms with Crippen molar-refractivity contribution in [3.63, 3.8) is 0 Å². The quantitative estimate of drug-likeness (QED) is 0.446. The van der Waals surface area contributed by atoms with Crippen LogP contribution >= 0.6 is 0 Å². The van der Waals surface area contributed by atoms with Gasteiger partial charge in [0.1, 0.15) is 0 Å². The molecule has 2 aliphatic carbocycles. The molecule has 2 aromatic rings. The molecule has 2 unspecified atom stereocenters. The Bertz CT molecular complexity index is 1050. The van der Waals surface area contributed by atoms with Gasteiger partial charge in [-0.05, 0) is 0 Å². The van der Waals surface area contributed by atoms with Crippen LogP contribution in [0.4, 0.5) is 0 Å². The van der Waals surface area contributed by atoms with E-state index >= 15 is 0 Å². The standard InChI is InChI=1S/2C13H13.C2H6Si.2ClH.Hf/c2*1-10-8-11(2)13(9-10)12-6-4-3-5-7-12;1-3-2;;;/h2*3-7,9-10H,1-2H3;1-2H3;2*1H;/q;;;;;+2/p-2. The third-order valence-electron chi connectivity index (χ3n) is 6.57. The van der Waals surface area contributed by atoms with Gasteiger partial charge < -0.3 is 24.8 Å². The third kappa shape index (κ3) is 5.09. The number of benzene rings is 2. The summed E-state index contributed by atoms with van der Waals surface area (Å²) in [5.41, 5.74) is 8.60. The van der Waals surface area contributed by atoms with Crippen molar-refractivity contribution in [1.82, 2.24) is 0 Å². The molecule has 0 spiro atoms. The first-order valence-corrected chi connectivity index (χ1v) is 22.5. The number of allylic oxidation sites excluding steroid dienone is 8. The minimum atomic E-state index is -2.16. The first-order valence-electron chi connectivity index (χ1n) is 11.0. The summed E-state index contributed by atoms with van der Waals surface area (Å²) in [5.74, 6) is 1.19. The van der Waals surface area contributed by atoms with Gasteiger partial charge in [-0.25, -0.2) is 0 Å². The van der Waals surface area contributed by atoms with Crippen molar-refractivity contribution in [3.8, 4) is 0 Å². The second kappa shape index (κ2) is 11.5. The SMILES string of the molecule is CC1=[C]([Hf+2]([C]2=C(C)C(c3ccccc3)=CC2C)=[Si](C)C)C(C)C=C1c1ccccc1.[Cl-].[Cl-]. The molecule has 0 aliphatic heterocycles. The predicted molar refractivity (Wildman–Crippen MR) is 130 cm³/mol. The minimum absolute atomic E-state index is 0. The zero-order valence-electron chi connectivity index (χ0n) is 19.8. The fraction of sp³-hybridized carbons (Fsp3) is 0.286. The van der Waals surface area contributed by atoms with Gasteiger partial charge in [0.15, 0.2) is 0 Å². The van der Waals surface area contributed by atoms with E-state index in [1.165, 1.54) is 22.3 Å². The number of hydrogen-bond donors (Lipinski definition) is 0. The molecule has 0 N–H and O–H groups in total. The Hall–Kier alpha value is -0.933. The van der Waals surface area contributed by atoms with E-state index in [1.54, 1.807) is 11.1 Å². The molecule has 2 atom stereocenters. The van der Waals surface area contributed by atoms with Gasteiger partial charge in [0.2, 0.25) is 0 Å². The Balaban J connectivity index is 0.00000181. The molecule has 0 nitrogen and oxygen atoms in total. The maximum atomic E-state index is 2.59. The van der Waals surface area contributed by atoms with Crippen LogP contribution in [0.2, 0.25) is 13.1 Å². The first-order chi connectivity index (χ1) is 14.4. The van der Waals surface area contributed by atoms with Crippen LogP contribution < -0.4 is 24.8 Å². The van der Waals surface area contributed by atoms with Gasteiger partial charge in [-0.15, -0.1) is 0 Å². The van der Waals surface area contributed by atoms with E-state index in [2.05, 4.69) is 114 Å². The Labute approximate surface area is 214 Å². The molecule has 2 aromatic carbocycles. The topological polar surface area (TPSA) is 0 Å². The number of rotatable bonds is 4. The molecule has 0 amide bonds. The zero-order chi connectivity index (χ0) is 21.4. The average molecular weight is 646 g/mol. The molecule has 32 heavy (non-hydrogen) atoms. The first kappa shape index (κ1) is 27.3. The zero-order valence-corrected chi connectivity index (χ0v) is 25.9. The van der Waals surface area contributed by atoms with Crippen molar-refractivity contribution in [2.24, 2.45) is 11.8 Å². The molecule has 0 saturated carbocycles.